The Bertz CT molecular complexity index is 1260. The summed E-state index contributed by atoms with van der Waals surface area (Å²) in [6.45, 7) is 3.34. The minimum Gasteiger partial charge on any atom is -0.338 e. The van der Waals surface area contributed by atoms with Crippen molar-refractivity contribution in [3.63, 3.8) is 0 Å². The SMILES string of the molecule is Cc1cccn2c(C(CC(=O)N3CCc4ccccc4C3)c3cccc(F)c3)cnc12. The van der Waals surface area contributed by atoms with Crippen molar-refractivity contribution in [3.8, 4) is 0 Å². The number of benzene rings is 2. The van der Waals surface area contributed by atoms with Crippen molar-refractivity contribution in [2.45, 2.75) is 32.2 Å². The minimum absolute atomic E-state index is 0.0753. The molecular weight excluding hydrogens is 389 g/mol. The molecule has 1 atom stereocenters. The van der Waals surface area contributed by atoms with Crippen LogP contribution in [-0.2, 0) is 17.8 Å². The molecule has 0 fully saturated rings. The summed E-state index contributed by atoms with van der Waals surface area (Å²) in [6, 6.07) is 18.8. The van der Waals surface area contributed by atoms with E-state index in [1.165, 1.54) is 23.3 Å². The second-order valence-corrected chi connectivity index (χ2v) is 8.21. The number of imidazole rings is 1. The van der Waals surface area contributed by atoms with Crippen LogP contribution < -0.4 is 0 Å². The van der Waals surface area contributed by atoms with Crippen molar-refractivity contribution >= 4 is 11.6 Å². The number of fused-ring (bicyclic) bond motifs is 2. The lowest BCUT2D eigenvalue weighted by atomic mass is 9.91. The Balaban J connectivity index is 1.49. The standard InChI is InChI=1S/C26H24FN3O/c1-18-6-5-12-30-24(16-28-26(18)30)23(20-9-4-10-22(27)14-20)15-25(31)29-13-11-19-7-2-3-8-21(19)17-29/h2-10,12,14,16,23H,11,13,15,17H2,1H3. The second-order valence-electron chi connectivity index (χ2n) is 8.21. The van der Waals surface area contributed by atoms with Crippen LogP contribution in [0, 0.1) is 12.7 Å². The first-order valence-electron chi connectivity index (χ1n) is 10.6. The van der Waals surface area contributed by atoms with Gasteiger partial charge >= 0.3 is 0 Å². The Labute approximate surface area is 181 Å². The van der Waals surface area contributed by atoms with Gasteiger partial charge in [0.1, 0.15) is 11.5 Å². The van der Waals surface area contributed by atoms with E-state index in [1.807, 2.05) is 58.9 Å². The molecule has 3 heterocycles. The number of hydrogen-bond donors (Lipinski definition) is 0. The first-order valence-corrected chi connectivity index (χ1v) is 10.6. The first kappa shape index (κ1) is 19.5. The van der Waals surface area contributed by atoms with Crippen LogP contribution >= 0.6 is 0 Å². The molecule has 0 aliphatic carbocycles. The summed E-state index contributed by atoms with van der Waals surface area (Å²) in [7, 11) is 0. The summed E-state index contributed by atoms with van der Waals surface area (Å²) in [4.78, 5) is 19.9. The van der Waals surface area contributed by atoms with E-state index in [2.05, 4.69) is 17.1 Å². The van der Waals surface area contributed by atoms with Crippen LogP contribution in [0.2, 0.25) is 0 Å². The predicted octanol–water partition coefficient (Wildman–Crippen LogP) is 4.89. The highest BCUT2D eigenvalue weighted by molar-refractivity contribution is 5.78. The number of carbonyl (C=O) groups excluding carboxylic acids is 1. The molecule has 2 aromatic heterocycles. The molecule has 1 aliphatic heterocycles. The molecule has 5 heteroatoms. The Morgan fingerprint density at radius 3 is 2.77 bits per heavy atom. The zero-order valence-corrected chi connectivity index (χ0v) is 17.5. The van der Waals surface area contributed by atoms with E-state index in [9.17, 15) is 9.18 Å². The summed E-state index contributed by atoms with van der Waals surface area (Å²) in [6.07, 6.45) is 4.91. The molecule has 0 radical (unpaired) electrons. The third kappa shape index (κ3) is 3.72. The van der Waals surface area contributed by atoms with Crippen molar-refractivity contribution < 1.29 is 9.18 Å². The molecule has 0 N–H and O–H groups in total. The highest BCUT2D eigenvalue weighted by Crippen LogP contribution is 2.31. The number of carbonyl (C=O) groups is 1. The average molecular weight is 413 g/mol. The van der Waals surface area contributed by atoms with Gasteiger partial charge in [-0.1, -0.05) is 42.5 Å². The summed E-state index contributed by atoms with van der Waals surface area (Å²) in [5.74, 6) is -0.504. The molecule has 1 unspecified atom stereocenters. The predicted molar refractivity (Wildman–Crippen MR) is 118 cm³/mol. The zero-order chi connectivity index (χ0) is 21.4. The summed E-state index contributed by atoms with van der Waals surface area (Å²) >= 11 is 0. The van der Waals surface area contributed by atoms with Gasteiger partial charge < -0.3 is 9.30 Å². The molecule has 1 aliphatic rings. The second kappa shape index (κ2) is 7.99. The molecular formula is C26H24FN3O. The van der Waals surface area contributed by atoms with Crippen LogP contribution in [0.4, 0.5) is 4.39 Å². The topological polar surface area (TPSA) is 37.6 Å². The monoisotopic (exact) mass is 413 g/mol. The molecule has 0 saturated heterocycles. The summed E-state index contributed by atoms with van der Waals surface area (Å²) < 4.78 is 16.1. The van der Waals surface area contributed by atoms with E-state index in [1.54, 1.807) is 6.07 Å². The molecule has 4 nitrogen and oxygen atoms in total. The van der Waals surface area contributed by atoms with Gasteiger partial charge in [0.2, 0.25) is 5.91 Å². The maximum absolute atomic E-state index is 14.1. The van der Waals surface area contributed by atoms with Crippen molar-refractivity contribution in [1.82, 2.24) is 14.3 Å². The van der Waals surface area contributed by atoms with E-state index >= 15 is 0 Å². The van der Waals surface area contributed by atoms with E-state index < -0.39 is 0 Å². The molecule has 156 valence electrons. The van der Waals surface area contributed by atoms with Crippen molar-refractivity contribution in [2.24, 2.45) is 0 Å². The number of hydrogen-bond acceptors (Lipinski definition) is 2. The summed E-state index contributed by atoms with van der Waals surface area (Å²) in [5.41, 5.74) is 6.12. The Morgan fingerprint density at radius 2 is 1.94 bits per heavy atom. The maximum atomic E-state index is 14.1. The highest BCUT2D eigenvalue weighted by atomic mass is 19.1. The molecule has 4 aromatic rings. The number of aryl methyl sites for hydroxylation is 1. The van der Waals surface area contributed by atoms with Crippen LogP contribution in [0.1, 0.15) is 40.3 Å². The van der Waals surface area contributed by atoms with Crippen molar-refractivity contribution in [2.75, 3.05) is 6.54 Å². The van der Waals surface area contributed by atoms with Gasteiger partial charge in [0.15, 0.2) is 0 Å². The van der Waals surface area contributed by atoms with Crippen LogP contribution in [0.3, 0.4) is 0 Å². The number of pyridine rings is 1. The lowest BCUT2D eigenvalue weighted by Gasteiger charge is -2.30. The van der Waals surface area contributed by atoms with Gasteiger partial charge in [-0.05, 0) is 53.8 Å². The third-order valence-corrected chi connectivity index (χ3v) is 6.23. The fourth-order valence-electron chi connectivity index (χ4n) is 4.56. The van der Waals surface area contributed by atoms with Crippen molar-refractivity contribution in [1.29, 1.82) is 0 Å². The normalized spacial score (nSPS) is 14.5. The molecule has 1 amide bonds. The first-order chi connectivity index (χ1) is 15.1. The van der Waals surface area contributed by atoms with Crippen LogP contribution in [0.15, 0.2) is 73.1 Å². The van der Waals surface area contributed by atoms with Crippen LogP contribution in [0.5, 0.6) is 0 Å². The number of rotatable bonds is 4. The van der Waals surface area contributed by atoms with Gasteiger partial charge in [-0.2, -0.15) is 0 Å². The molecule has 2 aromatic carbocycles. The minimum atomic E-state index is -0.299. The molecule has 5 rings (SSSR count). The highest BCUT2D eigenvalue weighted by Gasteiger charge is 2.27. The van der Waals surface area contributed by atoms with Gasteiger partial charge in [0, 0.05) is 37.8 Å². The molecule has 0 bridgehead atoms. The van der Waals surface area contributed by atoms with Gasteiger partial charge in [0.25, 0.3) is 0 Å². The number of amides is 1. The molecule has 0 spiro atoms. The fourth-order valence-corrected chi connectivity index (χ4v) is 4.56. The van der Waals surface area contributed by atoms with Gasteiger partial charge in [-0.25, -0.2) is 9.37 Å². The van der Waals surface area contributed by atoms with E-state index in [4.69, 9.17) is 0 Å². The van der Waals surface area contributed by atoms with Gasteiger partial charge in [-0.3, -0.25) is 4.79 Å². The van der Waals surface area contributed by atoms with Crippen LogP contribution in [0.25, 0.3) is 5.65 Å². The lowest BCUT2D eigenvalue weighted by molar-refractivity contribution is -0.132. The van der Waals surface area contributed by atoms with Gasteiger partial charge in [0.05, 0.1) is 5.69 Å². The Kier molecular flexibility index (Phi) is 5.02. The van der Waals surface area contributed by atoms with E-state index in [0.717, 1.165) is 28.9 Å². The average Bonchev–Trinajstić information content (AvgIpc) is 3.22. The largest absolute Gasteiger partial charge is 0.338 e. The quantitative estimate of drug-likeness (QED) is 0.478. The third-order valence-electron chi connectivity index (χ3n) is 6.23. The smallest absolute Gasteiger partial charge is 0.223 e. The zero-order valence-electron chi connectivity index (χ0n) is 17.5. The van der Waals surface area contributed by atoms with E-state index in [0.29, 0.717) is 13.1 Å². The summed E-state index contributed by atoms with van der Waals surface area (Å²) in [5, 5.41) is 0. The van der Waals surface area contributed by atoms with E-state index in [-0.39, 0.29) is 24.1 Å². The number of aromatic nitrogens is 2. The van der Waals surface area contributed by atoms with Crippen molar-refractivity contribution in [3.05, 3.63) is 107 Å². The Hall–Kier alpha value is -3.47. The number of halogens is 1. The molecule has 0 saturated carbocycles. The number of nitrogens with zero attached hydrogens (tertiary/aromatic N) is 3. The Morgan fingerprint density at radius 1 is 1.10 bits per heavy atom. The molecule has 31 heavy (non-hydrogen) atoms. The maximum Gasteiger partial charge on any atom is 0.223 e. The van der Waals surface area contributed by atoms with Gasteiger partial charge in [-0.15, -0.1) is 0 Å². The lowest BCUT2D eigenvalue weighted by Crippen LogP contribution is -2.36. The van der Waals surface area contributed by atoms with Crippen LogP contribution in [-0.4, -0.2) is 26.7 Å². The fraction of sp³-hybridized carbons (Fsp3) is 0.231.